The maximum absolute atomic E-state index is 11.6. The minimum absolute atomic E-state index is 0.286. The molecule has 0 aromatic heterocycles. The lowest BCUT2D eigenvalue weighted by Gasteiger charge is -2.11. The van der Waals surface area contributed by atoms with Crippen LogP contribution in [0.5, 0.6) is 0 Å². The third-order valence-corrected chi connectivity index (χ3v) is 3.34. The average Bonchev–Trinajstić information content (AvgIpc) is 3.16. The quantitative estimate of drug-likeness (QED) is 0.769. The number of hydrogen-bond acceptors (Lipinski definition) is 2. The molecule has 1 saturated carbocycles. The number of aliphatic hydroxyl groups excluding tert-OH is 1. The summed E-state index contributed by atoms with van der Waals surface area (Å²) in [5.41, 5.74) is 0.583. The molecule has 2 amide bonds. The Hall–Kier alpha value is -1.26. The number of anilines is 1. The van der Waals surface area contributed by atoms with Crippen molar-refractivity contribution in [2.75, 3.05) is 11.9 Å². The number of urea groups is 1. The van der Waals surface area contributed by atoms with E-state index in [0.717, 1.165) is 12.8 Å². The molecule has 3 N–H and O–H groups in total. The lowest BCUT2D eigenvalue weighted by atomic mass is 10.2. The summed E-state index contributed by atoms with van der Waals surface area (Å²) in [5.74, 6) is 0.443. The molecule has 1 fully saturated rings. The summed E-state index contributed by atoms with van der Waals surface area (Å²) in [6.07, 6.45) is 2.52. The Morgan fingerprint density at radius 2 is 2.17 bits per heavy atom. The fourth-order valence-electron chi connectivity index (χ4n) is 1.78. The van der Waals surface area contributed by atoms with E-state index in [-0.39, 0.29) is 12.1 Å². The van der Waals surface area contributed by atoms with Crippen LogP contribution in [0.2, 0.25) is 5.02 Å². The van der Waals surface area contributed by atoms with E-state index in [1.807, 2.05) is 0 Å². The molecule has 4 nitrogen and oxygen atoms in total. The van der Waals surface area contributed by atoms with E-state index in [9.17, 15) is 9.90 Å². The monoisotopic (exact) mass is 268 g/mol. The first-order valence-electron chi connectivity index (χ1n) is 6.14. The number of carbonyl (C=O) groups excluding carboxylic acids is 1. The normalized spacial score (nSPS) is 16.1. The van der Waals surface area contributed by atoms with Crippen LogP contribution in [-0.2, 0) is 0 Å². The number of amides is 2. The molecular weight excluding hydrogens is 252 g/mol. The highest BCUT2D eigenvalue weighted by Crippen LogP contribution is 2.33. The molecule has 1 atom stereocenters. The van der Waals surface area contributed by atoms with Gasteiger partial charge in [-0.2, -0.15) is 0 Å². The number of para-hydroxylation sites is 1. The van der Waals surface area contributed by atoms with E-state index < -0.39 is 0 Å². The third kappa shape index (κ3) is 3.89. The number of nitrogens with one attached hydrogen (secondary N) is 2. The number of hydrogen-bond donors (Lipinski definition) is 3. The molecular formula is C13H17ClN2O2. The Balaban J connectivity index is 1.70. The molecule has 0 saturated heterocycles. The van der Waals surface area contributed by atoms with Gasteiger partial charge in [0.15, 0.2) is 0 Å². The van der Waals surface area contributed by atoms with Crippen molar-refractivity contribution in [1.29, 1.82) is 0 Å². The highest BCUT2D eigenvalue weighted by Gasteiger charge is 2.29. The van der Waals surface area contributed by atoms with Gasteiger partial charge >= 0.3 is 6.03 Å². The van der Waals surface area contributed by atoms with Crippen molar-refractivity contribution in [1.82, 2.24) is 5.32 Å². The molecule has 0 bridgehead atoms. The van der Waals surface area contributed by atoms with Gasteiger partial charge in [-0.05, 0) is 37.3 Å². The van der Waals surface area contributed by atoms with E-state index in [4.69, 9.17) is 11.6 Å². The van der Waals surface area contributed by atoms with Crippen LogP contribution in [-0.4, -0.2) is 23.8 Å². The zero-order valence-electron chi connectivity index (χ0n) is 10.0. The van der Waals surface area contributed by atoms with Gasteiger partial charge in [0.2, 0.25) is 0 Å². The fraction of sp³-hybridized carbons (Fsp3) is 0.462. The molecule has 1 aromatic carbocycles. The van der Waals surface area contributed by atoms with Gasteiger partial charge < -0.3 is 15.7 Å². The summed E-state index contributed by atoms with van der Waals surface area (Å²) >= 11 is 5.92. The second-order valence-corrected chi connectivity index (χ2v) is 4.96. The van der Waals surface area contributed by atoms with Gasteiger partial charge in [0.05, 0.1) is 16.8 Å². The van der Waals surface area contributed by atoms with E-state index in [1.165, 1.54) is 0 Å². The maximum Gasteiger partial charge on any atom is 0.319 e. The van der Waals surface area contributed by atoms with Crippen molar-refractivity contribution in [3.63, 3.8) is 0 Å². The van der Waals surface area contributed by atoms with Gasteiger partial charge in [-0.15, -0.1) is 0 Å². The summed E-state index contributed by atoms with van der Waals surface area (Å²) in [5, 5.41) is 15.5. The predicted molar refractivity (Wildman–Crippen MR) is 71.8 cm³/mol. The van der Waals surface area contributed by atoms with Crippen LogP contribution in [0.15, 0.2) is 24.3 Å². The molecule has 1 aliphatic rings. The summed E-state index contributed by atoms with van der Waals surface area (Å²) in [6.45, 7) is 0.466. The predicted octanol–water partition coefficient (Wildman–Crippen LogP) is 2.62. The SMILES string of the molecule is O=C(NCC[C@@H](O)C1CC1)Nc1ccccc1Cl. The molecule has 18 heavy (non-hydrogen) atoms. The largest absolute Gasteiger partial charge is 0.393 e. The van der Waals surface area contributed by atoms with Gasteiger partial charge in [0.1, 0.15) is 0 Å². The number of halogens is 1. The lowest BCUT2D eigenvalue weighted by Crippen LogP contribution is -2.31. The summed E-state index contributed by atoms with van der Waals surface area (Å²) in [7, 11) is 0. The first kappa shape index (κ1) is 13.2. The van der Waals surface area contributed by atoms with Crippen molar-refractivity contribution < 1.29 is 9.90 Å². The third-order valence-electron chi connectivity index (χ3n) is 3.01. The van der Waals surface area contributed by atoms with Gasteiger partial charge in [0, 0.05) is 6.54 Å². The van der Waals surface area contributed by atoms with E-state index >= 15 is 0 Å². The molecule has 5 heteroatoms. The van der Waals surface area contributed by atoms with Gasteiger partial charge in [-0.1, -0.05) is 23.7 Å². The van der Waals surface area contributed by atoms with Crippen LogP contribution in [0, 0.1) is 5.92 Å². The highest BCUT2D eigenvalue weighted by molar-refractivity contribution is 6.33. The number of rotatable bonds is 5. The van der Waals surface area contributed by atoms with Gasteiger partial charge in [-0.25, -0.2) is 4.79 Å². The van der Waals surface area contributed by atoms with Gasteiger partial charge in [-0.3, -0.25) is 0 Å². The second kappa shape index (κ2) is 6.07. The van der Waals surface area contributed by atoms with E-state index in [2.05, 4.69) is 10.6 Å². The molecule has 0 aliphatic heterocycles. The molecule has 0 heterocycles. The number of carbonyl (C=O) groups is 1. The zero-order chi connectivity index (χ0) is 13.0. The van der Waals surface area contributed by atoms with E-state index in [0.29, 0.717) is 29.6 Å². The van der Waals surface area contributed by atoms with Crippen molar-refractivity contribution in [3.05, 3.63) is 29.3 Å². The van der Waals surface area contributed by atoms with Crippen LogP contribution >= 0.6 is 11.6 Å². The Morgan fingerprint density at radius 3 is 2.83 bits per heavy atom. The summed E-state index contributed by atoms with van der Waals surface area (Å²) in [4.78, 5) is 11.6. The second-order valence-electron chi connectivity index (χ2n) is 4.55. The van der Waals surface area contributed by atoms with E-state index in [1.54, 1.807) is 24.3 Å². The average molecular weight is 269 g/mol. The van der Waals surface area contributed by atoms with Crippen molar-refractivity contribution >= 4 is 23.3 Å². The van der Waals surface area contributed by atoms with Crippen molar-refractivity contribution in [2.45, 2.75) is 25.4 Å². The summed E-state index contributed by atoms with van der Waals surface area (Å²) in [6, 6.07) is 6.76. The molecule has 1 aromatic rings. The fourth-order valence-corrected chi connectivity index (χ4v) is 1.96. The first-order valence-corrected chi connectivity index (χ1v) is 6.52. The Morgan fingerprint density at radius 1 is 1.44 bits per heavy atom. The Bertz CT molecular complexity index is 421. The van der Waals surface area contributed by atoms with Crippen LogP contribution in [0.3, 0.4) is 0 Å². The molecule has 0 radical (unpaired) electrons. The van der Waals surface area contributed by atoms with Crippen LogP contribution in [0.1, 0.15) is 19.3 Å². The maximum atomic E-state index is 11.6. The topological polar surface area (TPSA) is 61.4 Å². The van der Waals surface area contributed by atoms with Crippen LogP contribution in [0.25, 0.3) is 0 Å². The minimum atomic E-state index is -0.300. The van der Waals surface area contributed by atoms with Gasteiger partial charge in [0.25, 0.3) is 0 Å². The molecule has 0 spiro atoms. The standard InChI is InChI=1S/C13H17ClN2O2/c14-10-3-1-2-4-11(10)16-13(18)15-8-7-12(17)9-5-6-9/h1-4,9,12,17H,5-8H2,(H2,15,16,18)/t12-/m1/s1. The Labute approximate surface area is 111 Å². The number of benzene rings is 1. The van der Waals surface area contributed by atoms with Crippen molar-refractivity contribution in [2.24, 2.45) is 5.92 Å². The van der Waals surface area contributed by atoms with Crippen molar-refractivity contribution in [3.8, 4) is 0 Å². The molecule has 1 aliphatic carbocycles. The zero-order valence-corrected chi connectivity index (χ0v) is 10.8. The Kier molecular flexibility index (Phi) is 4.44. The smallest absolute Gasteiger partial charge is 0.319 e. The highest BCUT2D eigenvalue weighted by atomic mass is 35.5. The molecule has 98 valence electrons. The first-order chi connectivity index (χ1) is 8.66. The molecule has 0 unspecified atom stereocenters. The van der Waals surface area contributed by atoms with Crippen LogP contribution in [0.4, 0.5) is 10.5 Å². The number of aliphatic hydroxyl groups is 1. The van der Waals surface area contributed by atoms with Crippen LogP contribution < -0.4 is 10.6 Å². The summed E-state index contributed by atoms with van der Waals surface area (Å²) < 4.78 is 0. The molecule has 2 rings (SSSR count). The lowest BCUT2D eigenvalue weighted by molar-refractivity contribution is 0.142. The minimum Gasteiger partial charge on any atom is -0.393 e.